The third-order valence-electron chi connectivity index (χ3n) is 4.09. The average Bonchev–Trinajstić information content (AvgIpc) is 2.65. The number of methoxy groups -OCH3 is 1. The Balaban J connectivity index is 1.82. The molecule has 2 aromatic carbocycles. The Labute approximate surface area is 151 Å². The predicted octanol–water partition coefficient (Wildman–Crippen LogP) is 2.82. The normalized spacial score (nSPS) is 12.9. The van der Waals surface area contributed by atoms with E-state index in [9.17, 15) is 19.1 Å². The van der Waals surface area contributed by atoms with Crippen LogP contribution in [0.15, 0.2) is 48.5 Å². The van der Waals surface area contributed by atoms with Gasteiger partial charge in [-0.2, -0.15) is 0 Å². The second kappa shape index (κ2) is 8.58. The number of benzene rings is 2. The molecule has 1 unspecified atom stereocenters. The van der Waals surface area contributed by atoms with E-state index in [1.54, 1.807) is 31.4 Å². The zero-order valence-corrected chi connectivity index (χ0v) is 14.8. The number of aliphatic hydroxyl groups is 1. The van der Waals surface area contributed by atoms with Gasteiger partial charge in [0, 0.05) is 18.4 Å². The minimum Gasteiger partial charge on any atom is -0.497 e. The average molecular weight is 359 g/mol. The van der Waals surface area contributed by atoms with Gasteiger partial charge >= 0.3 is 0 Å². The Morgan fingerprint density at radius 3 is 2.27 bits per heavy atom. The third kappa shape index (κ3) is 5.39. The van der Waals surface area contributed by atoms with Crippen LogP contribution in [0.3, 0.4) is 0 Å². The van der Waals surface area contributed by atoms with E-state index >= 15 is 0 Å². The van der Waals surface area contributed by atoms with Gasteiger partial charge in [-0.15, -0.1) is 0 Å². The summed E-state index contributed by atoms with van der Waals surface area (Å²) in [6.45, 7) is 1.50. The van der Waals surface area contributed by atoms with Gasteiger partial charge in [0.2, 0.25) is 5.91 Å². The van der Waals surface area contributed by atoms with E-state index < -0.39 is 11.4 Å². The highest BCUT2D eigenvalue weighted by atomic mass is 19.1. The first-order chi connectivity index (χ1) is 12.3. The Hall–Kier alpha value is -2.73. The van der Waals surface area contributed by atoms with Gasteiger partial charge in [-0.1, -0.05) is 12.1 Å². The molecular weight excluding hydrogens is 337 g/mol. The van der Waals surface area contributed by atoms with Crippen molar-refractivity contribution in [1.82, 2.24) is 5.32 Å². The monoisotopic (exact) mass is 359 g/mol. The number of rotatable bonds is 8. The van der Waals surface area contributed by atoms with Crippen LogP contribution in [0.25, 0.3) is 0 Å². The van der Waals surface area contributed by atoms with Crippen molar-refractivity contribution in [2.45, 2.75) is 25.4 Å². The predicted molar refractivity (Wildman–Crippen MR) is 95.5 cm³/mol. The summed E-state index contributed by atoms with van der Waals surface area (Å²) >= 11 is 0. The number of halogens is 1. The lowest BCUT2D eigenvalue weighted by Crippen LogP contribution is -2.38. The maximum atomic E-state index is 13.0. The molecule has 2 aromatic rings. The number of hydrogen-bond acceptors (Lipinski definition) is 4. The van der Waals surface area contributed by atoms with Gasteiger partial charge in [0.15, 0.2) is 5.78 Å². The highest BCUT2D eigenvalue weighted by Crippen LogP contribution is 2.20. The summed E-state index contributed by atoms with van der Waals surface area (Å²) in [5, 5.41) is 13.0. The Morgan fingerprint density at radius 1 is 1.08 bits per heavy atom. The van der Waals surface area contributed by atoms with Crippen LogP contribution in [0.1, 0.15) is 35.7 Å². The zero-order chi connectivity index (χ0) is 19.2. The molecule has 26 heavy (non-hydrogen) atoms. The van der Waals surface area contributed by atoms with Crippen LogP contribution in [0.5, 0.6) is 5.75 Å². The Kier molecular flexibility index (Phi) is 6.46. The molecule has 0 heterocycles. The van der Waals surface area contributed by atoms with Crippen molar-refractivity contribution < 1.29 is 23.8 Å². The van der Waals surface area contributed by atoms with Crippen molar-refractivity contribution in [2.75, 3.05) is 13.7 Å². The Morgan fingerprint density at radius 2 is 1.69 bits per heavy atom. The number of ketones is 1. The van der Waals surface area contributed by atoms with Crippen molar-refractivity contribution in [1.29, 1.82) is 0 Å². The first-order valence-electron chi connectivity index (χ1n) is 8.24. The van der Waals surface area contributed by atoms with Crippen molar-refractivity contribution in [3.05, 3.63) is 65.5 Å². The van der Waals surface area contributed by atoms with Crippen LogP contribution in [-0.2, 0) is 10.4 Å². The van der Waals surface area contributed by atoms with E-state index in [1.807, 2.05) is 0 Å². The number of carbonyl (C=O) groups excluding carboxylic acids is 2. The molecule has 0 aliphatic heterocycles. The topological polar surface area (TPSA) is 75.6 Å². The maximum absolute atomic E-state index is 13.0. The van der Waals surface area contributed by atoms with E-state index in [-0.39, 0.29) is 31.1 Å². The minimum atomic E-state index is -1.33. The molecule has 5 nitrogen and oxygen atoms in total. The van der Waals surface area contributed by atoms with Crippen LogP contribution in [0.4, 0.5) is 4.39 Å². The first-order valence-corrected chi connectivity index (χ1v) is 8.24. The number of nitrogens with one attached hydrogen (secondary N) is 1. The smallest absolute Gasteiger partial charge is 0.220 e. The molecule has 0 aliphatic carbocycles. The molecule has 6 heteroatoms. The summed E-state index contributed by atoms with van der Waals surface area (Å²) in [7, 11) is 1.54. The highest BCUT2D eigenvalue weighted by Gasteiger charge is 2.24. The molecule has 2 N–H and O–H groups in total. The summed E-state index contributed by atoms with van der Waals surface area (Å²) in [4.78, 5) is 24.1. The molecule has 0 radical (unpaired) electrons. The zero-order valence-electron chi connectivity index (χ0n) is 14.8. The van der Waals surface area contributed by atoms with Crippen molar-refractivity contribution in [3.63, 3.8) is 0 Å². The molecule has 0 aromatic heterocycles. The van der Waals surface area contributed by atoms with Crippen molar-refractivity contribution in [3.8, 4) is 5.75 Å². The molecule has 138 valence electrons. The van der Waals surface area contributed by atoms with Gasteiger partial charge in [-0.3, -0.25) is 9.59 Å². The van der Waals surface area contributed by atoms with Gasteiger partial charge in [0.1, 0.15) is 17.2 Å². The van der Waals surface area contributed by atoms with Crippen LogP contribution in [-0.4, -0.2) is 30.5 Å². The number of amides is 1. The summed E-state index contributed by atoms with van der Waals surface area (Å²) in [5.41, 5.74) is -0.325. The largest absolute Gasteiger partial charge is 0.497 e. The van der Waals surface area contributed by atoms with Crippen LogP contribution in [0.2, 0.25) is 0 Å². The van der Waals surface area contributed by atoms with Crippen LogP contribution < -0.4 is 10.1 Å². The van der Waals surface area contributed by atoms with Gasteiger partial charge in [0.25, 0.3) is 0 Å². The van der Waals surface area contributed by atoms with E-state index in [2.05, 4.69) is 5.32 Å². The lowest BCUT2D eigenvalue weighted by molar-refractivity contribution is -0.122. The summed E-state index contributed by atoms with van der Waals surface area (Å²) in [6.07, 6.45) is 0.0845. The molecule has 1 atom stereocenters. The second-order valence-corrected chi connectivity index (χ2v) is 6.21. The minimum absolute atomic E-state index is 0.0182. The Bertz CT molecular complexity index is 754. The quantitative estimate of drug-likeness (QED) is 0.711. The molecule has 1 amide bonds. The molecule has 0 bridgehead atoms. The fourth-order valence-electron chi connectivity index (χ4n) is 2.42. The molecule has 0 saturated heterocycles. The molecule has 0 aliphatic rings. The molecule has 0 fully saturated rings. The molecule has 0 saturated carbocycles. The van der Waals surface area contributed by atoms with Gasteiger partial charge < -0.3 is 15.2 Å². The van der Waals surface area contributed by atoms with E-state index in [0.717, 1.165) is 0 Å². The van der Waals surface area contributed by atoms with Crippen LogP contribution >= 0.6 is 0 Å². The molecular formula is C20H22FNO4. The first kappa shape index (κ1) is 19.6. The standard InChI is InChI=1S/C20H22FNO4/c1-20(25,15-5-7-16(21)8-6-15)13-22-19(24)12-11-18(23)14-3-9-17(26-2)10-4-14/h3-10,25H,11-13H2,1-2H3,(H,22,24). The lowest BCUT2D eigenvalue weighted by atomic mass is 9.96. The second-order valence-electron chi connectivity index (χ2n) is 6.21. The number of hydrogen-bond donors (Lipinski definition) is 2. The van der Waals surface area contributed by atoms with Gasteiger partial charge in [0.05, 0.1) is 13.7 Å². The molecule has 2 rings (SSSR count). The summed E-state index contributed by atoms with van der Waals surface area (Å²) in [5.74, 6) is -0.227. The number of Topliss-reactive ketones (excluding diaryl/α,β-unsaturated/α-hetero) is 1. The fourth-order valence-corrected chi connectivity index (χ4v) is 2.42. The SMILES string of the molecule is COc1ccc(C(=O)CCC(=O)NCC(C)(O)c2ccc(F)cc2)cc1. The van der Waals surface area contributed by atoms with Gasteiger partial charge in [-0.05, 0) is 48.9 Å². The van der Waals surface area contributed by atoms with Crippen molar-refractivity contribution >= 4 is 11.7 Å². The van der Waals surface area contributed by atoms with Crippen LogP contribution in [0, 0.1) is 5.82 Å². The third-order valence-corrected chi connectivity index (χ3v) is 4.09. The number of carbonyl (C=O) groups is 2. The van der Waals surface area contributed by atoms with E-state index in [0.29, 0.717) is 16.9 Å². The highest BCUT2D eigenvalue weighted by molar-refractivity contribution is 5.98. The van der Waals surface area contributed by atoms with Crippen molar-refractivity contribution in [2.24, 2.45) is 0 Å². The number of ether oxygens (including phenoxy) is 1. The van der Waals surface area contributed by atoms with E-state index in [4.69, 9.17) is 4.74 Å². The fraction of sp³-hybridized carbons (Fsp3) is 0.300. The van der Waals surface area contributed by atoms with Gasteiger partial charge in [-0.25, -0.2) is 4.39 Å². The maximum Gasteiger partial charge on any atom is 0.220 e. The molecule has 0 spiro atoms. The summed E-state index contributed by atoms with van der Waals surface area (Å²) < 4.78 is 18.0. The lowest BCUT2D eigenvalue weighted by Gasteiger charge is -2.24. The van der Waals surface area contributed by atoms with E-state index in [1.165, 1.54) is 31.2 Å². The summed E-state index contributed by atoms with van der Waals surface area (Å²) in [6, 6.07) is 12.1.